The molecule has 1 N–H and O–H groups in total. The van der Waals surface area contributed by atoms with Gasteiger partial charge in [-0.3, -0.25) is 0 Å². The molecule has 6 nitrogen and oxygen atoms in total. The number of benzene rings is 1. The van der Waals surface area contributed by atoms with Gasteiger partial charge in [-0.15, -0.1) is 26.2 Å². The molecule has 4 rings (SSSR count). The van der Waals surface area contributed by atoms with Gasteiger partial charge in [-0.2, -0.15) is 0 Å². The largest absolute Gasteiger partial charge is 0.357 e. The third-order valence-corrected chi connectivity index (χ3v) is 5.26. The molecule has 26 heavy (non-hydrogen) atoms. The zero-order valence-corrected chi connectivity index (χ0v) is 15.4. The fourth-order valence-corrected chi connectivity index (χ4v) is 3.71. The van der Waals surface area contributed by atoms with Crippen LogP contribution < -0.4 is 5.32 Å². The van der Waals surface area contributed by atoms with E-state index in [0.29, 0.717) is 5.65 Å². The number of fused-ring (bicyclic) bond motifs is 1. The van der Waals surface area contributed by atoms with Gasteiger partial charge in [0.15, 0.2) is 5.65 Å². The number of rotatable bonds is 7. The maximum absolute atomic E-state index is 4.44. The Morgan fingerprint density at radius 2 is 2.00 bits per heavy atom. The van der Waals surface area contributed by atoms with Gasteiger partial charge in [-0.1, -0.05) is 43.7 Å². The molecule has 0 bridgehead atoms. The van der Waals surface area contributed by atoms with Crippen molar-refractivity contribution in [2.45, 2.75) is 32.2 Å². The summed E-state index contributed by atoms with van der Waals surface area (Å²) < 4.78 is 1.43. The molecule has 4 aromatic rings. The Kier molecular flexibility index (Phi) is 4.88. The molecule has 0 aliphatic carbocycles. The van der Waals surface area contributed by atoms with Crippen LogP contribution >= 0.6 is 11.3 Å². The second-order valence-corrected chi connectivity index (χ2v) is 7.16. The van der Waals surface area contributed by atoms with Crippen LogP contribution in [0.1, 0.15) is 41.8 Å². The molecule has 0 aliphatic rings. The molecular weight excluding hydrogens is 344 g/mol. The topological polar surface area (TPSA) is 68.0 Å². The predicted octanol–water partition coefficient (Wildman–Crippen LogP) is 4.12. The van der Waals surface area contributed by atoms with Crippen LogP contribution in [0, 0.1) is 0 Å². The van der Waals surface area contributed by atoms with Crippen LogP contribution in [0.2, 0.25) is 0 Å². The number of hydrogen-bond acceptors (Lipinski definition) is 6. The number of aromatic nitrogens is 5. The molecule has 0 amide bonds. The highest BCUT2D eigenvalue weighted by Crippen LogP contribution is 2.29. The van der Waals surface area contributed by atoms with Crippen molar-refractivity contribution in [2.75, 3.05) is 5.32 Å². The molecule has 0 radical (unpaired) electrons. The average Bonchev–Trinajstić information content (AvgIpc) is 3.36. The number of thiophene rings is 1. The van der Waals surface area contributed by atoms with Gasteiger partial charge in [-0.05, 0) is 58.0 Å². The van der Waals surface area contributed by atoms with E-state index in [1.54, 1.807) is 11.3 Å². The van der Waals surface area contributed by atoms with Crippen LogP contribution in [0.3, 0.4) is 0 Å². The van der Waals surface area contributed by atoms with Gasteiger partial charge in [0.2, 0.25) is 0 Å². The van der Waals surface area contributed by atoms with E-state index in [9.17, 15) is 0 Å². The summed E-state index contributed by atoms with van der Waals surface area (Å²) in [4.78, 5) is 1.24. The Morgan fingerprint density at radius 1 is 1.12 bits per heavy atom. The van der Waals surface area contributed by atoms with E-state index in [1.807, 2.05) is 12.1 Å². The zero-order valence-electron chi connectivity index (χ0n) is 14.5. The number of aryl methyl sites for hydroxylation is 1. The highest BCUT2D eigenvalue weighted by Gasteiger charge is 2.16. The Labute approximate surface area is 155 Å². The molecule has 0 aliphatic heterocycles. The van der Waals surface area contributed by atoms with Crippen molar-refractivity contribution < 1.29 is 0 Å². The van der Waals surface area contributed by atoms with Crippen molar-refractivity contribution in [2.24, 2.45) is 0 Å². The summed E-state index contributed by atoms with van der Waals surface area (Å²) in [5.41, 5.74) is 3.23. The molecule has 3 heterocycles. The van der Waals surface area contributed by atoms with Crippen LogP contribution in [0.5, 0.6) is 0 Å². The fraction of sp³-hybridized carbons (Fsp3) is 0.263. The minimum atomic E-state index is 0.0386. The lowest BCUT2D eigenvalue weighted by molar-refractivity contribution is 0.731. The summed E-state index contributed by atoms with van der Waals surface area (Å²) in [6.07, 6.45) is 3.57. The van der Waals surface area contributed by atoms with Crippen molar-refractivity contribution in [1.29, 1.82) is 0 Å². The number of nitrogens with zero attached hydrogens (tertiary/aromatic N) is 5. The normalized spacial score (nSPS) is 12.3. The second kappa shape index (κ2) is 7.61. The van der Waals surface area contributed by atoms with Gasteiger partial charge in [-0.25, -0.2) is 0 Å². The van der Waals surface area contributed by atoms with Crippen molar-refractivity contribution in [3.05, 3.63) is 69.9 Å². The zero-order chi connectivity index (χ0) is 17.8. The number of anilines is 1. The van der Waals surface area contributed by atoms with Crippen molar-refractivity contribution in [1.82, 2.24) is 25.3 Å². The molecule has 0 fully saturated rings. The Balaban J connectivity index is 1.62. The first-order valence-corrected chi connectivity index (χ1v) is 9.65. The lowest BCUT2D eigenvalue weighted by Gasteiger charge is -2.19. The SMILES string of the molecule is CCCCc1ccc([C@H](Nc2ccc3nnnn3n2)c2cccs2)cc1. The van der Waals surface area contributed by atoms with Crippen molar-refractivity contribution in [3.8, 4) is 0 Å². The quantitative estimate of drug-likeness (QED) is 0.534. The first-order valence-electron chi connectivity index (χ1n) is 8.77. The number of nitrogens with one attached hydrogen (secondary N) is 1. The fourth-order valence-electron chi connectivity index (χ4n) is 2.91. The molecular formula is C19H20N6S. The van der Waals surface area contributed by atoms with Gasteiger partial charge in [0.25, 0.3) is 0 Å². The van der Waals surface area contributed by atoms with Crippen LogP contribution in [0.25, 0.3) is 5.65 Å². The first kappa shape index (κ1) is 16.7. The van der Waals surface area contributed by atoms with Gasteiger partial charge < -0.3 is 5.32 Å². The number of tetrazole rings is 1. The molecule has 132 valence electrons. The summed E-state index contributed by atoms with van der Waals surface area (Å²) >= 11 is 1.73. The Hall–Kier alpha value is -2.80. The predicted molar refractivity (Wildman–Crippen MR) is 103 cm³/mol. The minimum absolute atomic E-state index is 0.0386. The molecule has 0 unspecified atom stereocenters. The summed E-state index contributed by atoms with van der Waals surface area (Å²) in [5.74, 6) is 0.734. The van der Waals surface area contributed by atoms with Crippen LogP contribution in [-0.4, -0.2) is 25.3 Å². The van der Waals surface area contributed by atoms with Gasteiger partial charge in [0.05, 0.1) is 6.04 Å². The lowest BCUT2D eigenvalue weighted by Crippen LogP contribution is -2.13. The smallest absolute Gasteiger partial charge is 0.200 e. The van der Waals surface area contributed by atoms with Gasteiger partial charge in [0, 0.05) is 4.88 Å². The molecule has 1 atom stereocenters. The molecule has 7 heteroatoms. The summed E-state index contributed by atoms with van der Waals surface area (Å²) in [6.45, 7) is 2.22. The second-order valence-electron chi connectivity index (χ2n) is 6.18. The molecule has 0 saturated carbocycles. The lowest BCUT2D eigenvalue weighted by atomic mass is 10.0. The van der Waals surface area contributed by atoms with E-state index in [2.05, 4.69) is 74.6 Å². The third-order valence-electron chi connectivity index (χ3n) is 4.32. The minimum Gasteiger partial charge on any atom is -0.357 e. The monoisotopic (exact) mass is 364 g/mol. The summed E-state index contributed by atoms with van der Waals surface area (Å²) in [6, 6.07) is 16.9. The number of hydrogen-bond donors (Lipinski definition) is 1. The molecule has 3 aromatic heterocycles. The van der Waals surface area contributed by atoms with E-state index < -0.39 is 0 Å². The average molecular weight is 364 g/mol. The Bertz CT molecular complexity index is 961. The van der Waals surface area contributed by atoms with Gasteiger partial charge in [0.1, 0.15) is 5.82 Å². The van der Waals surface area contributed by atoms with Crippen LogP contribution in [0.4, 0.5) is 5.82 Å². The molecule has 1 aromatic carbocycles. The van der Waals surface area contributed by atoms with Crippen LogP contribution in [0.15, 0.2) is 53.9 Å². The highest BCUT2D eigenvalue weighted by molar-refractivity contribution is 7.10. The van der Waals surface area contributed by atoms with Crippen molar-refractivity contribution in [3.63, 3.8) is 0 Å². The van der Waals surface area contributed by atoms with Crippen LogP contribution in [-0.2, 0) is 6.42 Å². The van der Waals surface area contributed by atoms with E-state index in [1.165, 1.54) is 33.5 Å². The maximum atomic E-state index is 4.44. The van der Waals surface area contributed by atoms with E-state index >= 15 is 0 Å². The van der Waals surface area contributed by atoms with E-state index in [4.69, 9.17) is 0 Å². The first-order chi connectivity index (χ1) is 12.8. The highest BCUT2D eigenvalue weighted by atomic mass is 32.1. The maximum Gasteiger partial charge on any atom is 0.200 e. The standard InChI is InChI=1S/C19H20N6S/c1-2-3-5-14-7-9-15(10-8-14)19(16-6-4-13-26-16)20-17-11-12-18-21-23-24-25(18)22-17/h4,6-13,19H,2-3,5H2,1H3,(H,20,22)/t19-/m0/s1. The molecule has 0 saturated heterocycles. The van der Waals surface area contributed by atoms with Gasteiger partial charge >= 0.3 is 0 Å². The van der Waals surface area contributed by atoms with E-state index in [0.717, 1.165) is 12.2 Å². The van der Waals surface area contributed by atoms with E-state index in [-0.39, 0.29) is 6.04 Å². The summed E-state index contributed by atoms with van der Waals surface area (Å²) in [7, 11) is 0. The third kappa shape index (κ3) is 3.57. The summed E-state index contributed by atoms with van der Waals surface area (Å²) in [5, 5.41) is 21.5. The molecule has 0 spiro atoms. The number of unbranched alkanes of at least 4 members (excludes halogenated alkanes) is 1. The van der Waals surface area contributed by atoms with Crippen molar-refractivity contribution >= 4 is 22.8 Å². The Morgan fingerprint density at radius 3 is 2.77 bits per heavy atom.